The number of carbonyl (C=O) groups excluding carboxylic acids is 3. The van der Waals surface area contributed by atoms with Gasteiger partial charge in [-0.05, 0) is 42.3 Å². The Bertz CT molecular complexity index is 1220. The highest BCUT2D eigenvalue weighted by molar-refractivity contribution is 6.44. The molecule has 0 saturated carbocycles. The summed E-state index contributed by atoms with van der Waals surface area (Å²) in [5.74, 6) is -0.904. The standard InChI is InChI=1S/C26H24N4O3/c1-18-8-7-11-20(16-18)30-24(31)15-14-23(29-30)26(33)28-22-13-6-5-12-21(22)25(32)27-17-19-9-3-2-4-10-19/h2-13,16H,14-15,17H2,1H3,(H,27,32)(H,28,33). The van der Waals surface area contributed by atoms with E-state index < -0.39 is 5.91 Å². The van der Waals surface area contributed by atoms with Crippen molar-refractivity contribution in [3.63, 3.8) is 0 Å². The van der Waals surface area contributed by atoms with Gasteiger partial charge in [0.2, 0.25) is 5.91 Å². The zero-order valence-electron chi connectivity index (χ0n) is 18.2. The average molecular weight is 441 g/mol. The Balaban J connectivity index is 1.50. The van der Waals surface area contributed by atoms with Crippen LogP contribution in [0.3, 0.4) is 0 Å². The normalized spacial score (nSPS) is 13.3. The lowest BCUT2D eigenvalue weighted by Gasteiger charge is -2.23. The Morgan fingerprint density at radius 2 is 1.67 bits per heavy atom. The van der Waals surface area contributed by atoms with Crippen LogP contribution in [0.2, 0.25) is 0 Å². The molecular formula is C26H24N4O3. The molecule has 1 aliphatic rings. The topological polar surface area (TPSA) is 90.9 Å². The summed E-state index contributed by atoms with van der Waals surface area (Å²) in [5.41, 5.74) is 3.55. The number of hydrogen-bond acceptors (Lipinski definition) is 4. The number of aryl methyl sites for hydroxylation is 1. The van der Waals surface area contributed by atoms with E-state index in [4.69, 9.17) is 0 Å². The van der Waals surface area contributed by atoms with Crippen LogP contribution in [0.15, 0.2) is 84.0 Å². The molecule has 1 heterocycles. The summed E-state index contributed by atoms with van der Waals surface area (Å²) in [6, 6.07) is 23.8. The van der Waals surface area contributed by atoms with E-state index in [1.807, 2.05) is 55.5 Å². The van der Waals surface area contributed by atoms with Gasteiger partial charge in [-0.15, -0.1) is 0 Å². The van der Waals surface area contributed by atoms with Crippen LogP contribution in [0.5, 0.6) is 0 Å². The Kier molecular flexibility index (Phi) is 6.59. The first-order chi connectivity index (χ1) is 16.0. The third kappa shape index (κ3) is 5.33. The summed E-state index contributed by atoms with van der Waals surface area (Å²) in [5, 5.41) is 11.2. The maximum Gasteiger partial charge on any atom is 0.271 e. The molecule has 0 bridgehead atoms. The third-order valence-corrected chi connectivity index (χ3v) is 5.26. The fourth-order valence-corrected chi connectivity index (χ4v) is 3.54. The van der Waals surface area contributed by atoms with Crippen molar-refractivity contribution in [3.8, 4) is 0 Å². The SMILES string of the molecule is Cc1cccc(N2N=C(C(=O)Nc3ccccc3C(=O)NCc3ccccc3)CCC2=O)c1. The first-order valence-corrected chi connectivity index (χ1v) is 10.7. The quantitative estimate of drug-likeness (QED) is 0.606. The van der Waals surface area contributed by atoms with E-state index in [-0.39, 0.29) is 30.4 Å². The van der Waals surface area contributed by atoms with E-state index in [9.17, 15) is 14.4 Å². The number of nitrogens with one attached hydrogen (secondary N) is 2. The highest BCUT2D eigenvalue weighted by atomic mass is 16.2. The first kappa shape index (κ1) is 22.0. The molecule has 7 heteroatoms. The van der Waals surface area contributed by atoms with Gasteiger partial charge in [0.25, 0.3) is 11.8 Å². The van der Waals surface area contributed by atoms with Crippen LogP contribution in [0.4, 0.5) is 11.4 Å². The van der Waals surface area contributed by atoms with E-state index in [1.165, 1.54) is 5.01 Å². The van der Waals surface area contributed by atoms with Crippen molar-refractivity contribution in [1.82, 2.24) is 5.32 Å². The number of anilines is 2. The summed E-state index contributed by atoms with van der Waals surface area (Å²) < 4.78 is 0. The number of rotatable bonds is 6. The van der Waals surface area contributed by atoms with Gasteiger partial charge in [-0.2, -0.15) is 5.10 Å². The molecule has 0 saturated heterocycles. The summed E-state index contributed by atoms with van der Waals surface area (Å²) in [6.07, 6.45) is 0.411. The zero-order chi connectivity index (χ0) is 23.2. The van der Waals surface area contributed by atoms with E-state index in [1.54, 1.807) is 30.3 Å². The van der Waals surface area contributed by atoms with Gasteiger partial charge >= 0.3 is 0 Å². The Hall–Kier alpha value is -4.26. The van der Waals surface area contributed by atoms with Gasteiger partial charge in [-0.1, -0.05) is 54.6 Å². The lowest BCUT2D eigenvalue weighted by Crippen LogP contribution is -2.36. The van der Waals surface area contributed by atoms with Gasteiger partial charge in [-0.25, -0.2) is 5.01 Å². The predicted octanol–water partition coefficient (Wildman–Crippen LogP) is 4.05. The van der Waals surface area contributed by atoms with Crippen LogP contribution < -0.4 is 15.6 Å². The maximum absolute atomic E-state index is 13.0. The molecule has 0 radical (unpaired) electrons. The van der Waals surface area contributed by atoms with Gasteiger partial charge in [0.1, 0.15) is 5.71 Å². The van der Waals surface area contributed by atoms with Crippen LogP contribution in [-0.4, -0.2) is 23.4 Å². The summed E-state index contributed by atoms with van der Waals surface area (Å²) in [6.45, 7) is 2.30. The summed E-state index contributed by atoms with van der Waals surface area (Å²) >= 11 is 0. The molecule has 0 fully saturated rings. The molecule has 2 N–H and O–H groups in total. The van der Waals surface area contributed by atoms with Crippen LogP contribution in [0, 0.1) is 6.92 Å². The first-order valence-electron chi connectivity index (χ1n) is 10.7. The van der Waals surface area contributed by atoms with Gasteiger partial charge in [-0.3, -0.25) is 14.4 Å². The molecular weight excluding hydrogens is 416 g/mol. The fourth-order valence-electron chi connectivity index (χ4n) is 3.54. The van der Waals surface area contributed by atoms with Crippen LogP contribution in [0.25, 0.3) is 0 Å². The average Bonchev–Trinajstić information content (AvgIpc) is 2.84. The summed E-state index contributed by atoms with van der Waals surface area (Å²) in [4.78, 5) is 38.1. The second-order valence-corrected chi connectivity index (χ2v) is 7.76. The van der Waals surface area contributed by atoms with Crippen molar-refractivity contribution in [2.45, 2.75) is 26.3 Å². The number of nitrogens with zero attached hydrogens (tertiary/aromatic N) is 2. The van der Waals surface area contributed by atoms with Crippen LogP contribution in [-0.2, 0) is 16.1 Å². The van der Waals surface area contributed by atoms with Crippen molar-refractivity contribution in [2.24, 2.45) is 5.10 Å². The molecule has 0 spiro atoms. The molecule has 1 aliphatic heterocycles. The minimum absolute atomic E-state index is 0.169. The van der Waals surface area contributed by atoms with Gasteiger partial charge in [0, 0.05) is 19.4 Å². The number of amides is 3. The Morgan fingerprint density at radius 3 is 2.45 bits per heavy atom. The minimum Gasteiger partial charge on any atom is -0.348 e. The van der Waals surface area contributed by atoms with Crippen LogP contribution in [0.1, 0.15) is 34.3 Å². The second kappa shape index (κ2) is 9.91. The van der Waals surface area contributed by atoms with Gasteiger partial charge in [0.15, 0.2) is 0 Å². The smallest absolute Gasteiger partial charge is 0.271 e. The van der Waals surface area contributed by atoms with Crippen molar-refractivity contribution < 1.29 is 14.4 Å². The van der Waals surface area contributed by atoms with Crippen molar-refractivity contribution in [1.29, 1.82) is 0 Å². The fraction of sp³-hybridized carbons (Fsp3) is 0.154. The number of para-hydroxylation sites is 1. The summed E-state index contributed by atoms with van der Waals surface area (Å²) in [7, 11) is 0. The Morgan fingerprint density at radius 1 is 0.909 bits per heavy atom. The van der Waals surface area contributed by atoms with Crippen LogP contribution >= 0.6 is 0 Å². The molecule has 166 valence electrons. The van der Waals surface area contributed by atoms with E-state index in [2.05, 4.69) is 15.7 Å². The molecule has 3 amide bonds. The largest absolute Gasteiger partial charge is 0.348 e. The molecule has 7 nitrogen and oxygen atoms in total. The monoisotopic (exact) mass is 440 g/mol. The molecule has 0 atom stereocenters. The highest BCUT2D eigenvalue weighted by Crippen LogP contribution is 2.22. The molecule has 3 aromatic rings. The number of hydrogen-bond donors (Lipinski definition) is 2. The highest BCUT2D eigenvalue weighted by Gasteiger charge is 2.26. The van der Waals surface area contributed by atoms with Crippen molar-refractivity contribution in [2.75, 3.05) is 10.3 Å². The Labute approximate surface area is 192 Å². The minimum atomic E-state index is -0.441. The van der Waals surface area contributed by atoms with Crippen molar-refractivity contribution >= 4 is 34.8 Å². The lowest BCUT2D eigenvalue weighted by atomic mass is 10.1. The number of benzene rings is 3. The second-order valence-electron chi connectivity index (χ2n) is 7.76. The molecule has 33 heavy (non-hydrogen) atoms. The van der Waals surface area contributed by atoms with E-state index in [0.717, 1.165) is 11.1 Å². The molecule has 0 unspecified atom stereocenters. The van der Waals surface area contributed by atoms with E-state index >= 15 is 0 Å². The van der Waals surface area contributed by atoms with Gasteiger partial charge in [0.05, 0.1) is 16.9 Å². The number of hydrazone groups is 1. The lowest BCUT2D eigenvalue weighted by molar-refractivity contribution is -0.118. The molecule has 0 aliphatic carbocycles. The van der Waals surface area contributed by atoms with Crippen molar-refractivity contribution in [3.05, 3.63) is 95.6 Å². The third-order valence-electron chi connectivity index (χ3n) is 5.26. The molecule has 3 aromatic carbocycles. The zero-order valence-corrected chi connectivity index (χ0v) is 18.2. The predicted molar refractivity (Wildman–Crippen MR) is 128 cm³/mol. The molecule has 4 rings (SSSR count). The molecule has 0 aromatic heterocycles. The van der Waals surface area contributed by atoms with E-state index in [0.29, 0.717) is 23.5 Å². The van der Waals surface area contributed by atoms with Gasteiger partial charge < -0.3 is 10.6 Å². The number of carbonyl (C=O) groups is 3. The maximum atomic E-state index is 13.0.